The van der Waals surface area contributed by atoms with Gasteiger partial charge in [-0.1, -0.05) is 38.5 Å². The average Bonchev–Trinajstić information content (AvgIpc) is 2.70. The van der Waals surface area contributed by atoms with Crippen molar-refractivity contribution in [2.45, 2.75) is 23.3 Å². The SMILES string of the molecule is O=c1[nH]c(=O)n([C@@H]2O[C@H](CO)[C@H](Br)[C@H]2O)cc1C=CI. The van der Waals surface area contributed by atoms with Gasteiger partial charge in [0.15, 0.2) is 6.23 Å². The summed E-state index contributed by atoms with van der Waals surface area (Å²) in [6.07, 6.45) is 0.238. The van der Waals surface area contributed by atoms with Gasteiger partial charge in [0.2, 0.25) is 0 Å². The first-order valence-electron chi connectivity index (χ1n) is 5.70. The van der Waals surface area contributed by atoms with Crippen LogP contribution in [-0.4, -0.2) is 43.4 Å². The lowest BCUT2D eigenvalue weighted by atomic mass is 10.2. The van der Waals surface area contributed by atoms with Crippen molar-refractivity contribution >= 4 is 44.6 Å². The first kappa shape index (κ1) is 15.9. The van der Waals surface area contributed by atoms with Crippen molar-refractivity contribution in [2.75, 3.05) is 6.61 Å². The molecule has 1 aliphatic rings. The maximum Gasteiger partial charge on any atom is 0.330 e. The number of aliphatic hydroxyl groups is 2. The molecule has 110 valence electrons. The highest BCUT2D eigenvalue weighted by Crippen LogP contribution is 2.32. The van der Waals surface area contributed by atoms with Crippen LogP contribution >= 0.6 is 38.5 Å². The molecule has 1 fully saturated rings. The number of nitrogens with zero attached hydrogens (tertiary/aromatic N) is 1. The van der Waals surface area contributed by atoms with Gasteiger partial charge in [0.05, 0.1) is 23.1 Å². The Morgan fingerprint density at radius 2 is 2.25 bits per heavy atom. The molecule has 0 spiro atoms. The molecule has 20 heavy (non-hydrogen) atoms. The predicted molar refractivity (Wildman–Crippen MR) is 84.1 cm³/mol. The maximum atomic E-state index is 11.8. The highest BCUT2D eigenvalue weighted by molar-refractivity contribution is 14.1. The average molecular weight is 459 g/mol. The molecule has 0 bridgehead atoms. The van der Waals surface area contributed by atoms with Gasteiger partial charge in [-0.15, -0.1) is 0 Å². The van der Waals surface area contributed by atoms with Crippen LogP contribution in [0.25, 0.3) is 6.08 Å². The van der Waals surface area contributed by atoms with Gasteiger partial charge in [-0.2, -0.15) is 0 Å². The topological polar surface area (TPSA) is 105 Å². The second kappa shape index (κ2) is 6.52. The Labute approximate surface area is 135 Å². The molecule has 0 aromatic carbocycles. The summed E-state index contributed by atoms with van der Waals surface area (Å²) in [6.45, 7) is -0.290. The molecule has 0 saturated carbocycles. The first-order valence-corrected chi connectivity index (χ1v) is 7.86. The highest BCUT2D eigenvalue weighted by Gasteiger charge is 2.43. The molecule has 1 aromatic rings. The Kier molecular flexibility index (Phi) is 5.18. The van der Waals surface area contributed by atoms with E-state index < -0.39 is 34.5 Å². The lowest BCUT2D eigenvalue weighted by Gasteiger charge is -2.17. The molecule has 1 aliphatic heterocycles. The third kappa shape index (κ3) is 2.91. The van der Waals surface area contributed by atoms with Crippen LogP contribution in [0.15, 0.2) is 19.9 Å². The van der Waals surface area contributed by atoms with Gasteiger partial charge in [0.25, 0.3) is 5.56 Å². The van der Waals surface area contributed by atoms with Crippen molar-refractivity contribution < 1.29 is 14.9 Å². The predicted octanol–water partition coefficient (Wildman–Crippen LogP) is -0.0436. The number of rotatable bonds is 3. The number of hydrogen-bond acceptors (Lipinski definition) is 5. The Hall–Kier alpha value is -0.490. The van der Waals surface area contributed by atoms with E-state index >= 15 is 0 Å². The fraction of sp³-hybridized carbons (Fsp3) is 0.455. The summed E-state index contributed by atoms with van der Waals surface area (Å²) in [5.41, 5.74) is -0.919. The van der Waals surface area contributed by atoms with Crippen molar-refractivity contribution in [2.24, 2.45) is 0 Å². The number of aromatic amines is 1. The normalized spacial score (nSPS) is 30.2. The minimum absolute atomic E-state index is 0.272. The molecular weight excluding hydrogens is 447 g/mol. The third-order valence-corrected chi connectivity index (χ3v) is 4.47. The lowest BCUT2D eigenvalue weighted by Crippen LogP contribution is -2.37. The zero-order chi connectivity index (χ0) is 14.9. The number of alkyl halides is 1. The summed E-state index contributed by atoms with van der Waals surface area (Å²) < 4.78 is 8.19. The zero-order valence-electron chi connectivity index (χ0n) is 10.1. The molecule has 1 saturated heterocycles. The molecular formula is C11H12BrIN2O5. The molecule has 4 atom stereocenters. The Morgan fingerprint density at radius 3 is 2.80 bits per heavy atom. The molecule has 9 heteroatoms. The van der Waals surface area contributed by atoms with E-state index in [-0.39, 0.29) is 12.2 Å². The van der Waals surface area contributed by atoms with Crippen LogP contribution in [0.2, 0.25) is 0 Å². The van der Waals surface area contributed by atoms with Crippen LogP contribution < -0.4 is 11.2 Å². The van der Waals surface area contributed by atoms with E-state index in [2.05, 4.69) is 20.9 Å². The summed E-state index contributed by atoms with van der Waals surface area (Å²) in [6, 6.07) is 0. The van der Waals surface area contributed by atoms with Gasteiger partial charge in [-0.3, -0.25) is 14.3 Å². The molecule has 0 radical (unpaired) electrons. The van der Waals surface area contributed by atoms with Gasteiger partial charge in [0, 0.05) is 6.20 Å². The summed E-state index contributed by atoms with van der Waals surface area (Å²) in [5.74, 6) is 0. The minimum atomic E-state index is -1.02. The second-order valence-corrected chi connectivity index (χ2v) is 6.00. The standard InChI is InChI=1S/C11H12BrIN2O5/c12-7-6(4-16)20-10(8(7)17)15-3-5(1-2-13)9(18)14-11(15)19/h1-3,6-8,10,16-17H,4H2,(H,14,18,19)/t6-,7+,8-,10-/m1/s1. The van der Waals surface area contributed by atoms with Crippen molar-refractivity contribution in [1.82, 2.24) is 9.55 Å². The number of hydrogen-bond donors (Lipinski definition) is 3. The van der Waals surface area contributed by atoms with E-state index in [1.54, 1.807) is 4.08 Å². The maximum absolute atomic E-state index is 11.8. The van der Waals surface area contributed by atoms with Crippen molar-refractivity contribution in [1.29, 1.82) is 0 Å². The molecule has 7 nitrogen and oxygen atoms in total. The molecule has 2 heterocycles. The van der Waals surface area contributed by atoms with E-state index in [1.165, 1.54) is 12.3 Å². The Balaban J connectivity index is 2.46. The Morgan fingerprint density at radius 1 is 1.55 bits per heavy atom. The van der Waals surface area contributed by atoms with E-state index in [4.69, 9.17) is 9.84 Å². The molecule has 0 unspecified atom stereocenters. The highest BCUT2D eigenvalue weighted by atomic mass is 127. The summed E-state index contributed by atoms with van der Waals surface area (Å²) in [4.78, 5) is 25.1. The van der Waals surface area contributed by atoms with E-state index in [9.17, 15) is 14.7 Å². The smallest absolute Gasteiger partial charge is 0.330 e. The lowest BCUT2D eigenvalue weighted by molar-refractivity contribution is -0.0530. The van der Waals surface area contributed by atoms with E-state index in [0.29, 0.717) is 0 Å². The van der Waals surface area contributed by atoms with Gasteiger partial charge in [-0.25, -0.2) is 4.79 Å². The van der Waals surface area contributed by atoms with E-state index in [0.717, 1.165) is 4.57 Å². The summed E-state index contributed by atoms with van der Waals surface area (Å²) in [5, 5.41) is 19.2. The number of aromatic nitrogens is 2. The van der Waals surface area contributed by atoms with E-state index in [1.807, 2.05) is 22.6 Å². The number of halogens is 2. The minimum Gasteiger partial charge on any atom is -0.394 e. The number of nitrogens with one attached hydrogen (secondary N) is 1. The van der Waals surface area contributed by atoms with Gasteiger partial charge >= 0.3 is 5.69 Å². The van der Waals surface area contributed by atoms with Crippen LogP contribution in [0, 0.1) is 0 Å². The van der Waals surface area contributed by atoms with Crippen LogP contribution in [0.4, 0.5) is 0 Å². The fourth-order valence-electron chi connectivity index (χ4n) is 1.96. The third-order valence-electron chi connectivity index (χ3n) is 2.98. The second-order valence-electron chi connectivity index (χ2n) is 4.23. The zero-order valence-corrected chi connectivity index (χ0v) is 13.8. The molecule has 0 amide bonds. The molecule has 3 N–H and O–H groups in total. The van der Waals surface area contributed by atoms with Gasteiger partial charge in [0.1, 0.15) is 6.10 Å². The van der Waals surface area contributed by atoms with Crippen molar-refractivity contribution in [3.8, 4) is 0 Å². The largest absolute Gasteiger partial charge is 0.394 e. The van der Waals surface area contributed by atoms with Crippen molar-refractivity contribution in [3.63, 3.8) is 0 Å². The summed E-state index contributed by atoms with van der Waals surface area (Å²) >= 11 is 5.17. The van der Waals surface area contributed by atoms with Gasteiger partial charge < -0.3 is 14.9 Å². The molecule has 1 aromatic heterocycles. The molecule has 2 rings (SSSR count). The monoisotopic (exact) mass is 458 g/mol. The quantitative estimate of drug-likeness (QED) is 0.435. The number of H-pyrrole nitrogens is 1. The van der Waals surface area contributed by atoms with Crippen molar-refractivity contribution in [3.05, 3.63) is 36.7 Å². The number of ether oxygens (including phenoxy) is 1. The van der Waals surface area contributed by atoms with Crippen LogP contribution in [0.5, 0.6) is 0 Å². The molecule has 0 aliphatic carbocycles. The summed E-state index contributed by atoms with van der Waals surface area (Å²) in [7, 11) is 0. The van der Waals surface area contributed by atoms with Crippen LogP contribution in [-0.2, 0) is 4.74 Å². The van der Waals surface area contributed by atoms with Gasteiger partial charge in [-0.05, 0) is 10.2 Å². The fourth-order valence-corrected chi connectivity index (χ4v) is 2.90. The van der Waals surface area contributed by atoms with Crippen LogP contribution in [0.3, 0.4) is 0 Å². The first-order chi connectivity index (χ1) is 9.49. The number of aliphatic hydroxyl groups excluding tert-OH is 2. The van der Waals surface area contributed by atoms with Crippen LogP contribution in [0.1, 0.15) is 11.8 Å². The Bertz CT molecular complexity index is 628.